The Morgan fingerprint density at radius 2 is 2.28 bits per heavy atom. The van der Waals surface area contributed by atoms with Crippen molar-refractivity contribution in [2.75, 3.05) is 24.5 Å². The predicted octanol–water partition coefficient (Wildman–Crippen LogP) is 3.39. The Hall–Kier alpha value is -2.28. The minimum absolute atomic E-state index is 0.156. The average Bonchev–Trinajstić information content (AvgIpc) is 3.22. The molecule has 0 bridgehead atoms. The topological polar surface area (TPSA) is 45.2 Å². The Labute approximate surface area is 149 Å². The fraction of sp³-hybridized carbons (Fsp3) is 0.333. The van der Waals surface area contributed by atoms with Crippen molar-refractivity contribution in [3.05, 3.63) is 52.0 Å². The summed E-state index contributed by atoms with van der Waals surface area (Å²) < 4.78 is 26.4. The minimum Gasteiger partial charge on any atom is -0.371 e. The number of hydrogen-bond donors (Lipinski definition) is 1. The average molecular weight is 363 g/mol. The summed E-state index contributed by atoms with van der Waals surface area (Å²) in [7, 11) is 0. The molecule has 0 aliphatic carbocycles. The first kappa shape index (κ1) is 17.5. The number of rotatable bonds is 5. The number of thiazole rings is 1. The molecule has 4 nitrogen and oxygen atoms in total. The van der Waals surface area contributed by atoms with Gasteiger partial charge in [-0.3, -0.25) is 4.79 Å². The highest BCUT2D eigenvalue weighted by Gasteiger charge is 2.23. The van der Waals surface area contributed by atoms with E-state index < -0.39 is 11.6 Å². The first-order valence-corrected chi connectivity index (χ1v) is 8.97. The lowest BCUT2D eigenvalue weighted by molar-refractivity contribution is -0.116. The number of amides is 1. The lowest BCUT2D eigenvalue weighted by Crippen LogP contribution is -2.29. The van der Waals surface area contributed by atoms with Gasteiger partial charge in [0.2, 0.25) is 5.91 Å². The van der Waals surface area contributed by atoms with E-state index in [2.05, 4.69) is 10.3 Å². The lowest BCUT2D eigenvalue weighted by Gasteiger charge is -2.19. The minimum atomic E-state index is -0.839. The molecule has 1 aliphatic rings. The van der Waals surface area contributed by atoms with Gasteiger partial charge in [-0.25, -0.2) is 13.8 Å². The van der Waals surface area contributed by atoms with Crippen LogP contribution in [0.4, 0.5) is 14.5 Å². The summed E-state index contributed by atoms with van der Waals surface area (Å²) in [6, 6.07) is 3.94. The number of carbonyl (C=O) groups excluding carboxylic acids is 1. The van der Waals surface area contributed by atoms with Crippen LogP contribution in [0.5, 0.6) is 0 Å². The standard InChI is InChI=1S/C18H19F2N3OS/c1-12-22-14(11-25-12)2-5-18(24)21-9-13-6-7-23(10-13)15-3-4-16(19)17(20)8-15/h2-5,8,11,13H,6-7,9-10H2,1H3,(H,21,24)/b5-2-/t13-/m1/s1. The van der Waals surface area contributed by atoms with Gasteiger partial charge in [0, 0.05) is 42.8 Å². The van der Waals surface area contributed by atoms with E-state index in [1.165, 1.54) is 12.1 Å². The Kier molecular flexibility index (Phi) is 5.43. The molecule has 7 heteroatoms. The van der Waals surface area contributed by atoms with Crippen LogP contribution < -0.4 is 10.2 Å². The van der Waals surface area contributed by atoms with E-state index >= 15 is 0 Å². The van der Waals surface area contributed by atoms with Gasteiger partial charge >= 0.3 is 0 Å². The molecule has 1 atom stereocenters. The second kappa shape index (κ2) is 7.74. The zero-order chi connectivity index (χ0) is 17.8. The SMILES string of the molecule is Cc1nc(/C=C\C(=O)NC[C@H]2CCN(c3ccc(F)c(F)c3)C2)cs1. The molecule has 0 spiro atoms. The fourth-order valence-electron chi connectivity index (χ4n) is 2.84. The van der Waals surface area contributed by atoms with Crippen LogP contribution in [0.2, 0.25) is 0 Å². The van der Waals surface area contributed by atoms with Crippen LogP contribution in [0.25, 0.3) is 6.08 Å². The van der Waals surface area contributed by atoms with E-state index in [9.17, 15) is 13.6 Å². The maximum absolute atomic E-state index is 13.3. The Balaban J connectivity index is 1.47. The van der Waals surface area contributed by atoms with Crippen molar-refractivity contribution < 1.29 is 13.6 Å². The smallest absolute Gasteiger partial charge is 0.244 e. The summed E-state index contributed by atoms with van der Waals surface area (Å²) in [5.41, 5.74) is 1.45. The highest BCUT2D eigenvalue weighted by Crippen LogP contribution is 2.25. The lowest BCUT2D eigenvalue weighted by atomic mass is 10.1. The molecule has 1 aromatic heterocycles. The number of aryl methyl sites for hydroxylation is 1. The fourth-order valence-corrected chi connectivity index (χ4v) is 3.42. The third-order valence-corrected chi connectivity index (χ3v) is 4.95. The van der Waals surface area contributed by atoms with Crippen molar-refractivity contribution >= 4 is 29.0 Å². The van der Waals surface area contributed by atoms with Crippen LogP contribution in [0, 0.1) is 24.5 Å². The normalized spacial score (nSPS) is 17.4. The molecule has 2 heterocycles. The molecule has 0 unspecified atom stereocenters. The molecule has 132 valence electrons. The second-order valence-electron chi connectivity index (χ2n) is 6.07. The molecule has 1 aromatic carbocycles. The van der Waals surface area contributed by atoms with Gasteiger partial charge in [-0.05, 0) is 37.5 Å². The van der Waals surface area contributed by atoms with Crippen LogP contribution in [0.15, 0.2) is 29.7 Å². The van der Waals surface area contributed by atoms with E-state index in [1.54, 1.807) is 23.5 Å². The molecular formula is C18H19F2N3OS. The van der Waals surface area contributed by atoms with Crippen molar-refractivity contribution in [1.29, 1.82) is 0 Å². The number of aromatic nitrogens is 1. The number of anilines is 1. The van der Waals surface area contributed by atoms with Crippen molar-refractivity contribution in [1.82, 2.24) is 10.3 Å². The predicted molar refractivity (Wildman–Crippen MR) is 95.6 cm³/mol. The molecule has 0 radical (unpaired) electrons. The van der Waals surface area contributed by atoms with E-state index in [0.29, 0.717) is 18.8 Å². The van der Waals surface area contributed by atoms with Crippen molar-refractivity contribution in [2.45, 2.75) is 13.3 Å². The summed E-state index contributed by atoms with van der Waals surface area (Å²) in [6.07, 6.45) is 4.08. The van der Waals surface area contributed by atoms with E-state index in [0.717, 1.165) is 29.7 Å². The molecule has 25 heavy (non-hydrogen) atoms. The molecular weight excluding hydrogens is 344 g/mol. The van der Waals surface area contributed by atoms with Gasteiger partial charge < -0.3 is 10.2 Å². The van der Waals surface area contributed by atoms with Crippen LogP contribution >= 0.6 is 11.3 Å². The molecule has 2 aromatic rings. The van der Waals surface area contributed by atoms with Gasteiger partial charge in [0.15, 0.2) is 11.6 Å². The Morgan fingerprint density at radius 3 is 3.00 bits per heavy atom. The zero-order valence-corrected chi connectivity index (χ0v) is 14.7. The molecule has 1 fully saturated rings. The maximum Gasteiger partial charge on any atom is 0.244 e. The quantitative estimate of drug-likeness (QED) is 0.829. The molecule has 1 amide bonds. The second-order valence-corrected chi connectivity index (χ2v) is 7.13. The highest BCUT2D eigenvalue weighted by molar-refractivity contribution is 7.09. The third-order valence-electron chi connectivity index (χ3n) is 4.16. The first-order chi connectivity index (χ1) is 12.0. The number of benzene rings is 1. The molecule has 0 saturated carbocycles. The van der Waals surface area contributed by atoms with Crippen molar-refractivity contribution in [3.63, 3.8) is 0 Å². The summed E-state index contributed by atoms with van der Waals surface area (Å²) in [5, 5.41) is 5.74. The van der Waals surface area contributed by atoms with Gasteiger partial charge in [0.25, 0.3) is 0 Å². The van der Waals surface area contributed by atoms with E-state index in [1.807, 2.05) is 17.2 Å². The summed E-state index contributed by atoms with van der Waals surface area (Å²) >= 11 is 1.54. The molecule has 1 saturated heterocycles. The van der Waals surface area contributed by atoms with E-state index in [4.69, 9.17) is 0 Å². The van der Waals surface area contributed by atoms with Gasteiger partial charge in [0.05, 0.1) is 10.7 Å². The van der Waals surface area contributed by atoms with E-state index in [-0.39, 0.29) is 11.8 Å². The molecule has 1 N–H and O–H groups in total. The molecule has 1 aliphatic heterocycles. The van der Waals surface area contributed by atoms with Crippen molar-refractivity contribution in [3.8, 4) is 0 Å². The van der Waals surface area contributed by atoms with Crippen LogP contribution in [-0.2, 0) is 4.79 Å². The number of nitrogens with one attached hydrogen (secondary N) is 1. The number of carbonyl (C=O) groups is 1. The zero-order valence-electron chi connectivity index (χ0n) is 13.8. The molecule has 3 rings (SSSR count). The van der Waals surface area contributed by atoms with Crippen LogP contribution in [0.3, 0.4) is 0 Å². The summed E-state index contributed by atoms with van der Waals surface area (Å²) in [6.45, 7) is 3.94. The van der Waals surface area contributed by atoms with Gasteiger partial charge in [0.1, 0.15) is 0 Å². The van der Waals surface area contributed by atoms with Crippen LogP contribution in [0.1, 0.15) is 17.1 Å². The Morgan fingerprint density at radius 1 is 1.44 bits per heavy atom. The highest BCUT2D eigenvalue weighted by atomic mass is 32.1. The number of hydrogen-bond acceptors (Lipinski definition) is 4. The Bertz CT molecular complexity index is 790. The van der Waals surface area contributed by atoms with Gasteiger partial charge in [-0.15, -0.1) is 11.3 Å². The summed E-state index contributed by atoms with van der Waals surface area (Å²) in [4.78, 5) is 18.2. The third kappa shape index (κ3) is 4.63. The number of halogens is 2. The van der Waals surface area contributed by atoms with Gasteiger partial charge in [-0.1, -0.05) is 0 Å². The van der Waals surface area contributed by atoms with Crippen LogP contribution in [-0.4, -0.2) is 30.5 Å². The van der Waals surface area contributed by atoms with Crippen molar-refractivity contribution in [2.24, 2.45) is 5.92 Å². The number of nitrogens with zero attached hydrogens (tertiary/aromatic N) is 2. The maximum atomic E-state index is 13.3. The van der Waals surface area contributed by atoms with Gasteiger partial charge in [-0.2, -0.15) is 0 Å². The monoisotopic (exact) mass is 363 g/mol. The first-order valence-electron chi connectivity index (χ1n) is 8.09. The summed E-state index contributed by atoms with van der Waals surface area (Å²) in [5.74, 6) is -1.55. The largest absolute Gasteiger partial charge is 0.371 e.